The maximum absolute atomic E-state index is 14.1. The SMILES string of the molecule is CCNC(Cc1c(F)ccc(Br)c1F)C1OCCC1C. The van der Waals surface area contributed by atoms with E-state index in [0.717, 1.165) is 19.6 Å². The first-order chi connectivity index (χ1) is 9.54. The molecule has 0 saturated carbocycles. The molecule has 1 heterocycles. The predicted molar refractivity (Wildman–Crippen MR) is 78.7 cm³/mol. The largest absolute Gasteiger partial charge is 0.376 e. The summed E-state index contributed by atoms with van der Waals surface area (Å²) in [7, 11) is 0. The third-order valence-corrected chi connectivity index (χ3v) is 4.48. The summed E-state index contributed by atoms with van der Waals surface area (Å²) in [6.45, 7) is 5.57. The summed E-state index contributed by atoms with van der Waals surface area (Å²) in [5.41, 5.74) is 0.119. The number of benzene rings is 1. The molecule has 2 nitrogen and oxygen atoms in total. The van der Waals surface area contributed by atoms with Gasteiger partial charge in [-0.05, 0) is 53.4 Å². The van der Waals surface area contributed by atoms with E-state index in [1.165, 1.54) is 12.1 Å². The van der Waals surface area contributed by atoms with Crippen molar-refractivity contribution in [2.24, 2.45) is 5.92 Å². The molecule has 1 aromatic rings. The van der Waals surface area contributed by atoms with E-state index in [-0.39, 0.29) is 17.7 Å². The molecule has 3 unspecified atom stereocenters. The van der Waals surface area contributed by atoms with Gasteiger partial charge in [0.1, 0.15) is 11.6 Å². The molecule has 20 heavy (non-hydrogen) atoms. The smallest absolute Gasteiger partial charge is 0.143 e. The Morgan fingerprint density at radius 1 is 1.45 bits per heavy atom. The number of rotatable bonds is 5. The monoisotopic (exact) mass is 347 g/mol. The van der Waals surface area contributed by atoms with Crippen LogP contribution >= 0.6 is 15.9 Å². The second-order valence-electron chi connectivity index (χ2n) is 5.29. The first-order valence-electron chi connectivity index (χ1n) is 7.02. The topological polar surface area (TPSA) is 21.3 Å². The standard InChI is InChI=1S/C15H20BrF2NO/c1-3-19-13(15-9(2)6-7-20-15)8-10-12(17)5-4-11(16)14(10)18/h4-5,9,13,15,19H,3,6-8H2,1-2H3. The summed E-state index contributed by atoms with van der Waals surface area (Å²) in [4.78, 5) is 0. The number of hydrogen-bond acceptors (Lipinski definition) is 2. The van der Waals surface area contributed by atoms with E-state index in [2.05, 4.69) is 28.2 Å². The molecule has 1 saturated heterocycles. The van der Waals surface area contributed by atoms with Crippen LogP contribution in [0.1, 0.15) is 25.8 Å². The van der Waals surface area contributed by atoms with Gasteiger partial charge in [0.15, 0.2) is 0 Å². The van der Waals surface area contributed by atoms with Crippen molar-refractivity contribution in [3.8, 4) is 0 Å². The molecule has 1 N–H and O–H groups in total. The van der Waals surface area contributed by atoms with E-state index in [1.807, 2.05) is 6.92 Å². The number of ether oxygens (including phenoxy) is 1. The number of hydrogen-bond donors (Lipinski definition) is 1. The minimum Gasteiger partial charge on any atom is -0.376 e. The molecule has 0 radical (unpaired) electrons. The Kier molecular flexibility index (Phi) is 5.52. The van der Waals surface area contributed by atoms with Crippen LogP contribution in [0.25, 0.3) is 0 Å². The summed E-state index contributed by atoms with van der Waals surface area (Å²) in [6.07, 6.45) is 1.29. The first-order valence-corrected chi connectivity index (χ1v) is 7.81. The summed E-state index contributed by atoms with van der Waals surface area (Å²) in [5, 5.41) is 3.30. The van der Waals surface area contributed by atoms with Gasteiger partial charge < -0.3 is 10.1 Å². The van der Waals surface area contributed by atoms with Gasteiger partial charge in [-0.2, -0.15) is 0 Å². The van der Waals surface area contributed by atoms with Crippen LogP contribution in [0.15, 0.2) is 16.6 Å². The van der Waals surface area contributed by atoms with E-state index in [1.54, 1.807) is 0 Å². The van der Waals surface area contributed by atoms with Crippen molar-refractivity contribution in [3.05, 3.63) is 33.8 Å². The second-order valence-corrected chi connectivity index (χ2v) is 6.15. The zero-order valence-corrected chi connectivity index (χ0v) is 13.3. The van der Waals surface area contributed by atoms with Gasteiger partial charge in [0.05, 0.1) is 10.6 Å². The molecule has 1 aliphatic heterocycles. The molecule has 0 aromatic heterocycles. The van der Waals surface area contributed by atoms with Crippen LogP contribution in [-0.4, -0.2) is 25.3 Å². The summed E-state index contributed by atoms with van der Waals surface area (Å²) in [6, 6.07) is 2.62. The van der Waals surface area contributed by atoms with Crippen molar-refractivity contribution in [2.45, 2.75) is 38.8 Å². The Morgan fingerprint density at radius 3 is 2.80 bits per heavy atom. The maximum atomic E-state index is 14.1. The molecule has 1 fully saturated rings. The highest BCUT2D eigenvalue weighted by molar-refractivity contribution is 9.10. The number of nitrogens with one attached hydrogen (secondary N) is 1. The van der Waals surface area contributed by atoms with Crippen molar-refractivity contribution in [1.82, 2.24) is 5.32 Å². The normalized spacial score (nSPS) is 24.1. The van der Waals surface area contributed by atoms with Crippen molar-refractivity contribution in [2.75, 3.05) is 13.2 Å². The highest BCUT2D eigenvalue weighted by atomic mass is 79.9. The van der Waals surface area contributed by atoms with E-state index >= 15 is 0 Å². The van der Waals surface area contributed by atoms with Crippen molar-refractivity contribution in [3.63, 3.8) is 0 Å². The maximum Gasteiger partial charge on any atom is 0.143 e. The summed E-state index contributed by atoms with van der Waals surface area (Å²) >= 11 is 3.11. The number of likely N-dealkylation sites (N-methyl/N-ethyl adjacent to an activating group) is 1. The predicted octanol–water partition coefficient (Wildman–Crippen LogP) is 3.67. The fourth-order valence-electron chi connectivity index (χ4n) is 2.77. The van der Waals surface area contributed by atoms with Gasteiger partial charge in [0.2, 0.25) is 0 Å². The zero-order valence-electron chi connectivity index (χ0n) is 11.8. The van der Waals surface area contributed by atoms with Gasteiger partial charge >= 0.3 is 0 Å². The van der Waals surface area contributed by atoms with Crippen LogP contribution in [0, 0.1) is 17.6 Å². The van der Waals surface area contributed by atoms with Gasteiger partial charge in [0.25, 0.3) is 0 Å². The summed E-state index contributed by atoms with van der Waals surface area (Å²) < 4.78 is 34.0. The van der Waals surface area contributed by atoms with Crippen LogP contribution in [-0.2, 0) is 11.2 Å². The third-order valence-electron chi connectivity index (χ3n) is 3.87. The third kappa shape index (κ3) is 3.38. The minimum absolute atomic E-state index is 0.00716. The Morgan fingerprint density at radius 2 is 2.20 bits per heavy atom. The van der Waals surface area contributed by atoms with Gasteiger partial charge in [0, 0.05) is 18.2 Å². The highest BCUT2D eigenvalue weighted by Crippen LogP contribution is 2.28. The lowest BCUT2D eigenvalue weighted by Gasteiger charge is -2.27. The molecule has 0 bridgehead atoms. The lowest BCUT2D eigenvalue weighted by Crippen LogP contribution is -2.44. The van der Waals surface area contributed by atoms with Gasteiger partial charge in [-0.25, -0.2) is 8.78 Å². The van der Waals surface area contributed by atoms with Gasteiger partial charge in [-0.1, -0.05) is 13.8 Å². The Balaban J connectivity index is 2.22. The fourth-order valence-corrected chi connectivity index (χ4v) is 3.15. The van der Waals surface area contributed by atoms with Crippen LogP contribution in [0.4, 0.5) is 8.78 Å². The van der Waals surface area contributed by atoms with Crippen LogP contribution in [0.3, 0.4) is 0 Å². The van der Waals surface area contributed by atoms with Gasteiger partial charge in [-0.15, -0.1) is 0 Å². The molecule has 5 heteroatoms. The quantitative estimate of drug-likeness (QED) is 0.820. The lowest BCUT2D eigenvalue weighted by molar-refractivity contribution is 0.0610. The molecule has 2 rings (SSSR count). The molecular weight excluding hydrogens is 328 g/mol. The van der Waals surface area contributed by atoms with Crippen LogP contribution in [0.5, 0.6) is 0 Å². The minimum atomic E-state index is -0.515. The average molecular weight is 348 g/mol. The van der Waals surface area contributed by atoms with Crippen LogP contribution in [0.2, 0.25) is 0 Å². The van der Waals surface area contributed by atoms with Crippen molar-refractivity contribution in [1.29, 1.82) is 0 Å². The van der Waals surface area contributed by atoms with Crippen molar-refractivity contribution < 1.29 is 13.5 Å². The molecule has 0 amide bonds. The van der Waals surface area contributed by atoms with E-state index in [0.29, 0.717) is 16.8 Å². The summed E-state index contributed by atoms with van der Waals surface area (Å²) in [5.74, 6) is -0.616. The molecule has 1 aliphatic rings. The average Bonchev–Trinajstić information content (AvgIpc) is 2.84. The van der Waals surface area contributed by atoms with E-state index in [9.17, 15) is 8.78 Å². The molecule has 0 spiro atoms. The van der Waals surface area contributed by atoms with Crippen LogP contribution < -0.4 is 5.32 Å². The highest BCUT2D eigenvalue weighted by Gasteiger charge is 2.32. The van der Waals surface area contributed by atoms with E-state index < -0.39 is 11.6 Å². The second kappa shape index (κ2) is 6.96. The first kappa shape index (κ1) is 15.9. The van der Waals surface area contributed by atoms with Crippen molar-refractivity contribution >= 4 is 15.9 Å². The van der Waals surface area contributed by atoms with E-state index in [4.69, 9.17) is 4.74 Å². The molecule has 0 aliphatic carbocycles. The molecular formula is C15H20BrF2NO. The zero-order chi connectivity index (χ0) is 14.7. The molecule has 1 aromatic carbocycles. The Hall–Kier alpha value is -0.520. The Labute approximate surface area is 127 Å². The molecule has 112 valence electrons. The lowest BCUT2D eigenvalue weighted by atomic mass is 9.92. The Bertz CT molecular complexity index is 469. The van der Waals surface area contributed by atoms with Gasteiger partial charge in [-0.3, -0.25) is 0 Å². The number of halogens is 3. The fraction of sp³-hybridized carbons (Fsp3) is 0.600. The molecule has 3 atom stereocenters.